The maximum atomic E-state index is 13.7. The first-order valence-corrected chi connectivity index (χ1v) is 10.7. The number of halogens is 1. The molecule has 0 aliphatic heterocycles. The molecule has 0 unspecified atom stereocenters. The number of carbonyl (C=O) groups excluding carboxylic acids is 2. The summed E-state index contributed by atoms with van der Waals surface area (Å²) in [6, 6.07) is 17.1. The predicted molar refractivity (Wildman–Crippen MR) is 116 cm³/mol. The van der Waals surface area contributed by atoms with Gasteiger partial charge in [-0.05, 0) is 54.6 Å². The van der Waals surface area contributed by atoms with Gasteiger partial charge in [-0.15, -0.1) is 0 Å². The summed E-state index contributed by atoms with van der Waals surface area (Å²) in [5, 5.41) is 2.67. The lowest BCUT2D eigenvalue weighted by atomic mass is 10.1. The van der Waals surface area contributed by atoms with Crippen LogP contribution in [0.5, 0.6) is 0 Å². The van der Waals surface area contributed by atoms with Gasteiger partial charge in [0.1, 0.15) is 5.82 Å². The van der Waals surface area contributed by atoms with Gasteiger partial charge in [0, 0.05) is 30.9 Å². The minimum absolute atomic E-state index is 0.120. The van der Waals surface area contributed by atoms with Crippen LogP contribution in [0.15, 0.2) is 77.7 Å². The summed E-state index contributed by atoms with van der Waals surface area (Å²) in [5.41, 5.74) is 0.893. The number of anilines is 2. The molecule has 0 saturated heterocycles. The minimum Gasteiger partial charge on any atom is -0.345 e. The Balaban J connectivity index is 1.74. The molecule has 0 bridgehead atoms. The van der Waals surface area contributed by atoms with Crippen molar-refractivity contribution in [3.63, 3.8) is 0 Å². The van der Waals surface area contributed by atoms with Crippen molar-refractivity contribution in [2.75, 3.05) is 24.1 Å². The van der Waals surface area contributed by atoms with Crippen LogP contribution in [0.4, 0.5) is 15.8 Å². The van der Waals surface area contributed by atoms with Crippen molar-refractivity contribution in [1.29, 1.82) is 0 Å². The van der Waals surface area contributed by atoms with Crippen molar-refractivity contribution in [3.8, 4) is 0 Å². The molecule has 0 heterocycles. The van der Waals surface area contributed by atoms with Gasteiger partial charge in [0.2, 0.25) is 0 Å². The van der Waals surface area contributed by atoms with E-state index >= 15 is 0 Å². The van der Waals surface area contributed by atoms with Gasteiger partial charge in [-0.25, -0.2) is 12.8 Å². The molecule has 2 N–H and O–H groups in total. The van der Waals surface area contributed by atoms with Gasteiger partial charge in [0.15, 0.2) is 0 Å². The second-order valence-corrected chi connectivity index (χ2v) is 8.53. The van der Waals surface area contributed by atoms with Crippen LogP contribution < -0.4 is 10.0 Å². The largest absolute Gasteiger partial charge is 0.345 e. The Labute approximate surface area is 179 Å². The van der Waals surface area contributed by atoms with E-state index in [1.54, 1.807) is 38.4 Å². The molecule has 160 valence electrons. The van der Waals surface area contributed by atoms with Crippen molar-refractivity contribution in [1.82, 2.24) is 4.90 Å². The molecule has 3 aromatic carbocycles. The van der Waals surface area contributed by atoms with Gasteiger partial charge in [-0.3, -0.25) is 14.3 Å². The number of nitrogens with one attached hydrogen (secondary N) is 2. The second kappa shape index (κ2) is 8.97. The molecule has 0 saturated carbocycles. The fraction of sp³-hybridized carbons (Fsp3) is 0.0909. The molecule has 7 nitrogen and oxygen atoms in total. The van der Waals surface area contributed by atoms with Crippen LogP contribution in [0.3, 0.4) is 0 Å². The van der Waals surface area contributed by atoms with Crippen LogP contribution in [0.2, 0.25) is 0 Å². The Bertz CT molecular complexity index is 1230. The zero-order valence-electron chi connectivity index (χ0n) is 16.8. The average Bonchev–Trinajstić information content (AvgIpc) is 2.75. The molecule has 0 aromatic heterocycles. The van der Waals surface area contributed by atoms with E-state index < -0.39 is 21.7 Å². The van der Waals surface area contributed by atoms with Crippen molar-refractivity contribution < 1.29 is 22.4 Å². The zero-order valence-corrected chi connectivity index (χ0v) is 17.6. The molecule has 0 aliphatic carbocycles. The van der Waals surface area contributed by atoms with Crippen LogP contribution in [0.1, 0.15) is 20.7 Å². The summed E-state index contributed by atoms with van der Waals surface area (Å²) in [5.74, 6) is -1.37. The second-order valence-electron chi connectivity index (χ2n) is 6.84. The molecule has 0 radical (unpaired) electrons. The predicted octanol–water partition coefficient (Wildman–Crippen LogP) is 3.58. The van der Waals surface area contributed by atoms with Crippen LogP contribution in [-0.4, -0.2) is 39.2 Å². The van der Waals surface area contributed by atoms with E-state index in [0.717, 1.165) is 6.07 Å². The number of rotatable bonds is 6. The molecular weight excluding hydrogens is 421 g/mol. The maximum absolute atomic E-state index is 13.7. The first-order chi connectivity index (χ1) is 14.7. The number of hydrogen-bond acceptors (Lipinski definition) is 4. The van der Waals surface area contributed by atoms with Crippen molar-refractivity contribution in [3.05, 3.63) is 89.7 Å². The monoisotopic (exact) mass is 441 g/mol. The van der Waals surface area contributed by atoms with Crippen LogP contribution >= 0.6 is 0 Å². The highest BCUT2D eigenvalue weighted by atomic mass is 32.2. The number of carbonyl (C=O) groups is 2. The third kappa shape index (κ3) is 5.26. The molecule has 9 heteroatoms. The fourth-order valence-electron chi connectivity index (χ4n) is 2.72. The quantitative estimate of drug-likeness (QED) is 0.611. The Morgan fingerprint density at radius 1 is 0.871 bits per heavy atom. The lowest BCUT2D eigenvalue weighted by Crippen LogP contribution is -2.22. The summed E-state index contributed by atoms with van der Waals surface area (Å²) in [6.45, 7) is 0. The van der Waals surface area contributed by atoms with Crippen molar-refractivity contribution >= 4 is 33.2 Å². The van der Waals surface area contributed by atoms with E-state index in [2.05, 4.69) is 10.0 Å². The van der Waals surface area contributed by atoms with Crippen molar-refractivity contribution in [2.24, 2.45) is 0 Å². The number of amides is 2. The minimum atomic E-state index is -4.02. The molecular formula is C22H20FN3O4S. The Morgan fingerprint density at radius 2 is 1.55 bits per heavy atom. The SMILES string of the molecule is CN(C)C(=O)c1cccc(NC(=O)c2ccc(S(=O)(=O)Nc3ccccc3F)cc2)c1. The van der Waals surface area contributed by atoms with Gasteiger partial charge in [-0.1, -0.05) is 18.2 Å². The Morgan fingerprint density at radius 3 is 2.19 bits per heavy atom. The molecule has 0 aliphatic rings. The highest BCUT2D eigenvalue weighted by Gasteiger charge is 2.17. The summed E-state index contributed by atoms with van der Waals surface area (Å²) in [4.78, 5) is 25.9. The van der Waals surface area contributed by atoms with Crippen LogP contribution in [-0.2, 0) is 10.0 Å². The molecule has 0 spiro atoms. The lowest BCUT2D eigenvalue weighted by molar-refractivity contribution is 0.0827. The van der Waals surface area contributed by atoms with Crippen LogP contribution in [0, 0.1) is 5.82 Å². The first-order valence-electron chi connectivity index (χ1n) is 9.18. The molecule has 0 fully saturated rings. The summed E-state index contributed by atoms with van der Waals surface area (Å²) >= 11 is 0. The number of hydrogen-bond donors (Lipinski definition) is 2. The summed E-state index contributed by atoms with van der Waals surface area (Å²) < 4.78 is 40.8. The fourth-order valence-corrected chi connectivity index (χ4v) is 3.79. The van der Waals surface area contributed by atoms with E-state index in [9.17, 15) is 22.4 Å². The first kappa shape index (κ1) is 22.0. The lowest BCUT2D eigenvalue weighted by Gasteiger charge is -2.12. The third-order valence-corrected chi connectivity index (χ3v) is 5.70. The van der Waals surface area contributed by atoms with E-state index in [0.29, 0.717) is 11.3 Å². The number of para-hydroxylation sites is 1. The molecule has 0 atom stereocenters. The van der Waals surface area contributed by atoms with E-state index in [4.69, 9.17) is 0 Å². The van der Waals surface area contributed by atoms with Crippen molar-refractivity contribution in [2.45, 2.75) is 4.90 Å². The third-order valence-electron chi connectivity index (χ3n) is 4.32. The van der Waals surface area contributed by atoms with E-state index in [1.165, 1.54) is 47.4 Å². The van der Waals surface area contributed by atoms with Gasteiger partial charge in [-0.2, -0.15) is 0 Å². The normalized spacial score (nSPS) is 10.9. The standard InChI is InChI=1S/C22H20FN3O4S/c1-26(2)22(28)16-6-5-7-17(14-16)24-21(27)15-10-12-18(13-11-15)31(29,30)25-20-9-4-3-8-19(20)23/h3-14,25H,1-2H3,(H,24,27). The number of benzene rings is 3. The van der Waals surface area contributed by atoms with Gasteiger partial charge < -0.3 is 10.2 Å². The number of nitrogens with zero attached hydrogens (tertiary/aromatic N) is 1. The molecule has 3 aromatic rings. The highest BCUT2D eigenvalue weighted by Crippen LogP contribution is 2.20. The van der Waals surface area contributed by atoms with Gasteiger partial charge >= 0.3 is 0 Å². The Kier molecular flexibility index (Phi) is 6.36. The molecule has 3 rings (SSSR count). The summed E-state index contributed by atoms with van der Waals surface area (Å²) in [6.07, 6.45) is 0. The van der Waals surface area contributed by atoms with Gasteiger partial charge in [0.05, 0.1) is 10.6 Å². The number of sulfonamides is 1. The van der Waals surface area contributed by atoms with Gasteiger partial charge in [0.25, 0.3) is 21.8 Å². The highest BCUT2D eigenvalue weighted by molar-refractivity contribution is 7.92. The van der Waals surface area contributed by atoms with E-state index in [1.807, 2.05) is 0 Å². The average molecular weight is 441 g/mol. The topological polar surface area (TPSA) is 95.6 Å². The maximum Gasteiger partial charge on any atom is 0.261 e. The van der Waals surface area contributed by atoms with Crippen LogP contribution in [0.25, 0.3) is 0 Å². The Hall–Kier alpha value is -3.72. The summed E-state index contributed by atoms with van der Waals surface area (Å²) in [7, 11) is -0.766. The molecule has 2 amide bonds. The molecule has 31 heavy (non-hydrogen) atoms. The van der Waals surface area contributed by atoms with E-state index in [-0.39, 0.29) is 22.1 Å². The smallest absolute Gasteiger partial charge is 0.261 e. The zero-order chi connectivity index (χ0) is 22.6.